The molecule has 0 saturated carbocycles. The van der Waals surface area contributed by atoms with E-state index in [9.17, 15) is 0 Å². The minimum atomic E-state index is -0.231. The molecule has 3 unspecified atom stereocenters. The monoisotopic (exact) mass is 339 g/mol. The average Bonchev–Trinajstić information content (AvgIpc) is 3.40. The van der Waals surface area contributed by atoms with E-state index in [-0.39, 0.29) is 18.4 Å². The SMILES string of the molecule is c1ccc(N2C(c3ccco3)OC3c4cccc5cccc(c45)C32)cc1. The first-order chi connectivity index (χ1) is 12.9. The molecule has 2 aliphatic rings. The topological polar surface area (TPSA) is 25.6 Å². The van der Waals surface area contributed by atoms with Gasteiger partial charge in [-0.2, -0.15) is 0 Å². The van der Waals surface area contributed by atoms with Crippen molar-refractivity contribution in [3.63, 3.8) is 0 Å². The van der Waals surface area contributed by atoms with Gasteiger partial charge in [0.25, 0.3) is 0 Å². The zero-order valence-corrected chi connectivity index (χ0v) is 14.1. The van der Waals surface area contributed by atoms with E-state index in [0.29, 0.717) is 0 Å². The first-order valence-electron chi connectivity index (χ1n) is 8.95. The Balaban J connectivity index is 1.59. The van der Waals surface area contributed by atoms with E-state index in [4.69, 9.17) is 9.15 Å². The fourth-order valence-corrected chi connectivity index (χ4v) is 4.54. The van der Waals surface area contributed by atoms with Gasteiger partial charge in [-0.05, 0) is 46.2 Å². The van der Waals surface area contributed by atoms with Crippen molar-refractivity contribution in [2.45, 2.75) is 18.4 Å². The first-order valence-corrected chi connectivity index (χ1v) is 8.95. The number of para-hydroxylation sites is 1. The summed E-state index contributed by atoms with van der Waals surface area (Å²) in [5.41, 5.74) is 3.75. The van der Waals surface area contributed by atoms with E-state index in [0.717, 1.165) is 11.4 Å². The first kappa shape index (κ1) is 14.2. The molecule has 4 aromatic rings. The summed E-state index contributed by atoms with van der Waals surface area (Å²) in [6.45, 7) is 0. The van der Waals surface area contributed by atoms with Crippen molar-refractivity contribution in [3.8, 4) is 0 Å². The van der Waals surface area contributed by atoms with Crippen molar-refractivity contribution in [1.29, 1.82) is 0 Å². The molecule has 1 aliphatic heterocycles. The summed E-state index contributed by atoms with van der Waals surface area (Å²) in [5.74, 6) is 0.841. The molecule has 1 aromatic heterocycles. The van der Waals surface area contributed by atoms with Crippen LogP contribution in [0.3, 0.4) is 0 Å². The van der Waals surface area contributed by atoms with Crippen LogP contribution in [0.2, 0.25) is 0 Å². The quantitative estimate of drug-likeness (QED) is 0.464. The fourth-order valence-electron chi connectivity index (χ4n) is 4.54. The van der Waals surface area contributed by atoms with Gasteiger partial charge in [-0.25, -0.2) is 0 Å². The summed E-state index contributed by atoms with van der Waals surface area (Å²) < 4.78 is 12.3. The summed E-state index contributed by atoms with van der Waals surface area (Å²) >= 11 is 0. The Bertz CT molecular complexity index is 1080. The van der Waals surface area contributed by atoms with E-state index in [1.807, 2.05) is 18.2 Å². The lowest BCUT2D eigenvalue weighted by atomic mass is 10.0. The third kappa shape index (κ3) is 1.81. The summed E-state index contributed by atoms with van der Waals surface area (Å²) in [6, 6.07) is 27.6. The molecule has 3 aromatic carbocycles. The van der Waals surface area contributed by atoms with Crippen LogP contribution in [0.5, 0.6) is 0 Å². The van der Waals surface area contributed by atoms with E-state index >= 15 is 0 Å². The molecule has 2 heterocycles. The zero-order valence-electron chi connectivity index (χ0n) is 14.1. The predicted molar refractivity (Wildman–Crippen MR) is 101 cm³/mol. The Morgan fingerprint density at radius 1 is 0.731 bits per heavy atom. The van der Waals surface area contributed by atoms with Crippen LogP contribution in [-0.4, -0.2) is 0 Å². The second kappa shape index (κ2) is 5.23. The number of hydrogen-bond donors (Lipinski definition) is 0. The van der Waals surface area contributed by atoms with Crippen molar-refractivity contribution < 1.29 is 9.15 Å². The normalized spacial score (nSPS) is 23.5. The maximum Gasteiger partial charge on any atom is 0.190 e. The lowest BCUT2D eigenvalue weighted by molar-refractivity contribution is 0.0312. The van der Waals surface area contributed by atoms with Gasteiger partial charge in [-0.3, -0.25) is 0 Å². The van der Waals surface area contributed by atoms with Crippen LogP contribution in [0.25, 0.3) is 10.8 Å². The standard InChI is InChI=1S/C23H17NO2/c1-2-9-16(10-3-1)24-21-17-11-4-7-15-8-5-12-18(20(15)17)22(21)26-23(24)19-13-6-14-25-19/h1-14,21-23H. The number of nitrogens with zero attached hydrogens (tertiary/aromatic N) is 1. The lowest BCUT2D eigenvalue weighted by Gasteiger charge is -2.29. The van der Waals surface area contributed by atoms with Crippen LogP contribution in [0.15, 0.2) is 89.5 Å². The Morgan fingerprint density at radius 2 is 1.54 bits per heavy atom. The molecule has 0 bridgehead atoms. The highest BCUT2D eigenvalue weighted by Gasteiger charge is 2.50. The van der Waals surface area contributed by atoms with Crippen molar-refractivity contribution in [1.82, 2.24) is 0 Å². The number of hydrogen-bond acceptors (Lipinski definition) is 3. The molecule has 0 N–H and O–H groups in total. The molecule has 1 fully saturated rings. The predicted octanol–water partition coefficient (Wildman–Crippen LogP) is 5.76. The van der Waals surface area contributed by atoms with Gasteiger partial charge >= 0.3 is 0 Å². The summed E-state index contributed by atoms with van der Waals surface area (Å²) in [6.07, 6.45) is 1.49. The number of benzene rings is 3. The van der Waals surface area contributed by atoms with Crippen LogP contribution in [-0.2, 0) is 4.74 Å². The van der Waals surface area contributed by atoms with E-state index in [1.165, 1.54) is 21.9 Å². The van der Waals surface area contributed by atoms with Crippen molar-refractivity contribution >= 4 is 16.5 Å². The van der Waals surface area contributed by atoms with Gasteiger partial charge in [0.05, 0.1) is 12.3 Å². The second-order valence-corrected chi connectivity index (χ2v) is 6.90. The Morgan fingerprint density at radius 3 is 2.31 bits per heavy atom. The Labute approximate surface area is 151 Å². The lowest BCUT2D eigenvalue weighted by Crippen LogP contribution is -2.26. The molecule has 126 valence electrons. The maximum atomic E-state index is 6.60. The van der Waals surface area contributed by atoms with Crippen LogP contribution < -0.4 is 4.90 Å². The highest BCUT2D eigenvalue weighted by atomic mass is 16.5. The van der Waals surface area contributed by atoms with Crippen molar-refractivity contribution in [2.75, 3.05) is 4.90 Å². The fraction of sp³-hybridized carbons (Fsp3) is 0.130. The molecule has 0 radical (unpaired) electrons. The number of fused-ring (bicyclic) bond motifs is 3. The van der Waals surface area contributed by atoms with Crippen LogP contribution in [0.1, 0.15) is 35.3 Å². The van der Waals surface area contributed by atoms with Gasteiger partial charge in [-0.1, -0.05) is 54.6 Å². The molecule has 1 saturated heterocycles. The van der Waals surface area contributed by atoms with Gasteiger partial charge in [0.1, 0.15) is 6.10 Å². The molecule has 26 heavy (non-hydrogen) atoms. The number of furan rings is 1. The summed E-state index contributed by atoms with van der Waals surface area (Å²) in [5, 5.41) is 2.62. The number of anilines is 1. The molecule has 0 spiro atoms. The van der Waals surface area contributed by atoms with E-state index in [1.54, 1.807) is 6.26 Å². The molecule has 3 atom stereocenters. The molecule has 6 rings (SSSR count). The van der Waals surface area contributed by atoms with Crippen LogP contribution >= 0.6 is 0 Å². The summed E-state index contributed by atoms with van der Waals surface area (Å²) in [4.78, 5) is 2.36. The zero-order chi connectivity index (χ0) is 17.1. The van der Waals surface area contributed by atoms with Gasteiger partial charge in [0, 0.05) is 5.69 Å². The third-order valence-corrected chi connectivity index (χ3v) is 5.55. The van der Waals surface area contributed by atoms with Gasteiger partial charge in [0.2, 0.25) is 0 Å². The molecular weight excluding hydrogens is 322 g/mol. The molecule has 3 heteroatoms. The minimum absolute atomic E-state index is 0.00593. The number of ether oxygens (including phenoxy) is 1. The molecule has 1 aliphatic carbocycles. The van der Waals surface area contributed by atoms with E-state index in [2.05, 4.69) is 65.6 Å². The highest BCUT2D eigenvalue weighted by Crippen LogP contribution is 2.58. The van der Waals surface area contributed by atoms with Gasteiger partial charge < -0.3 is 14.1 Å². The largest absolute Gasteiger partial charge is 0.465 e. The molecular formula is C23H17NO2. The van der Waals surface area contributed by atoms with Crippen molar-refractivity contribution in [3.05, 3.63) is 102 Å². The number of rotatable bonds is 2. The Hall–Kier alpha value is -3.04. The second-order valence-electron chi connectivity index (χ2n) is 6.90. The van der Waals surface area contributed by atoms with Crippen molar-refractivity contribution in [2.24, 2.45) is 0 Å². The highest BCUT2D eigenvalue weighted by molar-refractivity contribution is 5.92. The Kier molecular flexibility index (Phi) is 2.85. The maximum absolute atomic E-state index is 6.60. The van der Waals surface area contributed by atoms with E-state index < -0.39 is 0 Å². The summed E-state index contributed by atoms with van der Waals surface area (Å²) in [7, 11) is 0. The molecule has 0 amide bonds. The smallest absolute Gasteiger partial charge is 0.190 e. The molecule has 3 nitrogen and oxygen atoms in total. The third-order valence-electron chi connectivity index (χ3n) is 5.55. The van der Waals surface area contributed by atoms with Gasteiger partial charge in [-0.15, -0.1) is 0 Å². The average molecular weight is 339 g/mol. The van der Waals surface area contributed by atoms with Gasteiger partial charge in [0.15, 0.2) is 12.0 Å². The minimum Gasteiger partial charge on any atom is -0.465 e. The van der Waals surface area contributed by atoms with Crippen LogP contribution in [0.4, 0.5) is 5.69 Å². The van der Waals surface area contributed by atoms with Crippen LogP contribution in [0, 0.1) is 0 Å².